The molecule has 1 fully saturated rings. The minimum absolute atomic E-state index is 0.140. The molecule has 0 bridgehead atoms. The van der Waals surface area contributed by atoms with Crippen molar-refractivity contribution in [3.63, 3.8) is 0 Å². The van der Waals surface area contributed by atoms with E-state index in [1.165, 1.54) is 0 Å². The van der Waals surface area contributed by atoms with Gasteiger partial charge in [-0.15, -0.1) is 0 Å². The highest BCUT2D eigenvalue weighted by Crippen LogP contribution is 2.20. The third-order valence-corrected chi connectivity index (χ3v) is 3.46. The Hall–Kier alpha value is -2.06. The van der Waals surface area contributed by atoms with Crippen LogP contribution in [-0.2, 0) is 16.0 Å². The van der Waals surface area contributed by atoms with Gasteiger partial charge in [0.2, 0.25) is 5.91 Å². The second-order valence-electron chi connectivity index (χ2n) is 4.88. The number of methoxy groups -OCH3 is 1. The van der Waals surface area contributed by atoms with Gasteiger partial charge >= 0.3 is 0 Å². The minimum atomic E-state index is -0.776. The zero-order valence-electron chi connectivity index (χ0n) is 11.5. The van der Waals surface area contributed by atoms with Crippen LogP contribution < -0.4 is 10.1 Å². The van der Waals surface area contributed by atoms with E-state index in [4.69, 9.17) is 9.47 Å². The van der Waals surface area contributed by atoms with Crippen molar-refractivity contribution in [1.29, 1.82) is 5.26 Å². The van der Waals surface area contributed by atoms with Gasteiger partial charge in [-0.1, -0.05) is 12.1 Å². The van der Waals surface area contributed by atoms with Crippen LogP contribution >= 0.6 is 0 Å². The molecule has 0 unspecified atom stereocenters. The fraction of sp³-hybridized carbons (Fsp3) is 0.467. The molecule has 1 aromatic rings. The maximum absolute atomic E-state index is 12.1. The first kappa shape index (κ1) is 14.4. The molecule has 1 aromatic carbocycles. The van der Waals surface area contributed by atoms with Crippen molar-refractivity contribution in [3.8, 4) is 11.8 Å². The topological polar surface area (TPSA) is 71.3 Å². The normalized spacial score (nSPS) is 17.0. The van der Waals surface area contributed by atoms with Gasteiger partial charge in [-0.25, -0.2) is 0 Å². The lowest BCUT2D eigenvalue weighted by atomic mass is 9.91. The van der Waals surface area contributed by atoms with E-state index in [0.29, 0.717) is 26.1 Å². The maximum Gasteiger partial charge on any atom is 0.225 e. The molecule has 0 atom stereocenters. The SMILES string of the molecule is COc1ccc(CC(=O)NC2(C#N)CCOCC2)cc1. The summed E-state index contributed by atoms with van der Waals surface area (Å²) in [5.74, 6) is 0.616. The van der Waals surface area contributed by atoms with Gasteiger partial charge in [0.05, 0.1) is 19.6 Å². The Balaban J connectivity index is 1.95. The highest BCUT2D eigenvalue weighted by atomic mass is 16.5. The summed E-state index contributed by atoms with van der Waals surface area (Å²) in [5.41, 5.74) is 0.116. The number of nitrogens with zero attached hydrogens (tertiary/aromatic N) is 1. The molecule has 5 nitrogen and oxygen atoms in total. The van der Waals surface area contributed by atoms with Crippen LogP contribution in [0.2, 0.25) is 0 Å². The van der Waals surface area contributed by atoms with E-state index >= 15 is 0 Å². The number of benzene rings is 1. The van der Waals surface area contributed by atoms with Crippen LogP contribution in [0.25, 0.3) is 0 Å². The van der Waals surface area contributed by atoms with E-state index in [1.54, 1.807) is 7.11 Å². The highest BCUT2D eigenvalue weighted by molar-refractivity contribution is 5.79. The number of hydrogen-bond donors (Lipinski definition) is 1. The second-order valence-corrected chi connectivity index (χ2v) is 4.88. The average Bonchev–Trinajstić information content (AvgIpc) is 2.49. The molecule has 1 amide bonds. The van der Waals surface area contributed by atoms with Crippen LogP contribution in [-0.4, -0.2) is 31.8 Å². The molecule has 1 N–H and O–H groups in total. The highest BCUT2D eigenvalue weighted by Gasteiger charge is 2.34. The number of hydrogen-bond acceptors (Lipinski definition) is 4. The third kappa shape index (κ3) is 3.49. The second kappa shape index (κ2) is 6.40. The molecule has 106 valence electrons. The van der Waals surface area contributed by atoms with Gasteiger partial charge in [0.15, 0.2) is 0 Å². The predicted molar refractivity (Wildman–Crippen MR) is 73.2 cm³/mol. The van der Waals surface area contributed by atoms with E-state index < -0.39 is 5.54 Å². The zero-order chi connectivity index (χ0) is 14.4. The standard InChI is InChI=1S/C15H18N2O3/c1-19-13-4-2-12(3-5-13)10-14(18)17-15(11-16)6-8-20-9-7-15/h2-5H,6-10H2,1H3,(H,17,18). The van der Waals surface area contributed by atoms with Gasteiger partial charge in [-0.3, -0.25) is 4.79 Å². The molecule has 1 aliphatic heterocycles. The Kier molecular flexibility index (Phi) is 4.59. The Morgan fingerprint density at radius 3 is 2.60 bits per heavy atom. The number of ether oxygens (including phenoxy) is 2. The van der Waals surface area contributed by atoms with Gasteiger partial charge in [0, 0.05) is 26.1 Å². The van der Waals surface area contributed by atoms with Crippen LogP contribution in [0.1, 0.15) is 18.4 Å². The molecule has 20 heavy (non-hydrogen) atoms. The van der Waals surface area contributed by atoms with E-state index in [2.05, 4.69) is 11.4 Å². The van der Waals surface area contributed by atoms with Gasteiger partial charge in [0.25, 0.3) is 0 Å². The summed E-state index contributed by atoms with van der Waals surface area (Å²) in [6.45, 7) is 1.02. The van der Waals surface area contributed by atoms with E-state index in [0.717, 1.165) is 11.3 Å². The van der Waals surface area contributed by atoms with E-state index in [-0.39, 0.29) is 12.3 Å². The van der Waals surface area contributed by atoms with Gasteiger partial charge in [0.1, 0.15) is 11.3 Å². The predicted octanol–water partition coefficient (Wildman–Crippen LogP) is 1.43. The summed E-state index contributed by atoms with van der Waals surface area (Å²) in [7, 11) is 1.60. The van der Waals surface area contributed by atoms with Crippen LogP contribution in [0.4, 0.5) is 0 Å². The van der Waals surface area contributed by atoms with Crippen molar-refractivity contribution >= 4 is 5.91 Å². The molecule has 0 aromatic heterocycles. The lowest BCUT2D eigenvalue weighted by Gasteiger charge is -2.31. The van der Waals surface area contributed by atoms with Crippen molar-refractivity contribution in [2.75, 3.05) is 20.3 Å². The van der Waals surface area contributed by atoms with Gasteiger partial charge in [-0.05, 0) is 17.7 Å². The Morgan fingerprint density at radius 2 is 2.05 bits per heavy atom. The van der Waals surface area contributed by atoms with Gasteiger partial charge < -0.3 is 14.8 Å². The smallest absolute Gasteiger partial charge is 0.225 e. The first-order valence-electron chi connectivity index (χ1n) is 6.60. The van der Waals surface area contributed by atoms with E-state index in [1.807, 2.05) is 24.3 Å². The summed E-state index contributed by atoms with van der Waals surface area (Å²) >= 11 is 0. The molecule has 1 saturated heterocycles. The van der Waals surface area contributed by atoms with Crippen LogP contribution in [0.15, 0.2) is 24.3 Å². The molecule has 0 radical (unpaired) electrons. The first-order valence-corrected chi connectivity index (χ1v) is 6.60. The summed E-state index contributed by atoms with van der Waals surface area (Å²) in [6.07, 6.45) is 1.34. The Labute approximate surface area is 118 Å². The van der Waals surface area contributed by atoms with Crippen LogP contribution in [0, 0.1) is 11.3 Å². The van der Waals surface area contributed by atoms with Crippen molar-refractivity contribution in [2.45, 2.75) is 24.8 Å². The first-order chi connectivity index (χ1) is 9.67. The van der Waals surface area contributed by atoms with E-state index in [9.17, 15) is 10.1 Å². The molecular weight excluding hydrogens is 256 g/mol. The number of carbonyl (C=O) groups is 1. The summed E-state index contributed by atoms with van der Waals surface area (Å²) in [5, 5.41) is 12.1. The molecule has 0 spiro atoms. The molecule has 1 heterocycles. The molecule has 0 saturated carbocycles. The molecule has 5 heteroatoms. The lowest BCUT2D eigenvalue weighted by molar-refractivity contribution is -0.122. The summed E-state index contributed by atoms with van der Waals surface area (Å²) in [4.78, 5) is 12.1. The zero-order valence-corrected chi connectivity index (χ0v) is 11.5. The molecule has 0 aliphatic carbocycles. The number of carbonyl (C=O) groups excluding carboxylic acids is 1. The minimum Gasteiger partial charge on any atom is -0.497 e. The van der Waals surface area contributed by atoms with Crippen molar-refractivity contribution in [1.82, 2.24) is 5.32 Å². The van der Waals surface area contributed by atoms with Crippen LogP contribution in [0.3, 0.4) is 0 Å². The number of nitrogens with one attached hydrogen (secondary N) is 1. The number of rotatable bonds is 4. The summed E-state index contributed by atoms with van der Waals surface area (Å²) in [6, 6.07) is 9.55. The molecule has 2 rings (SSSR count). The largest absolute Gasteiger partial charge is 0.497 e. The maximum atomic E-state index is 12.1. The van der Waals surface area contributed by atoms with Crippen molar-refractivity contribution < 1.29 is 14.3 Å². The molecular formula is C15H18N2O3. The summed E-state index contributed by atoms with van der Waals surface area (Å²) < 4.78 is 10.3. The van der Waals surface area contributed by atoms with Crippen molar-refractivity contribution in [3.05, 3.63) is 29.8 Å². The van der Waals surface area contributed by atoms with Crippen molar-refractivity contribution in [2.24, 2.45) is 0 Å². The quantitative estimate of drug-likeness (QED) is 0.901. The number of amides is 1. The van der Waals surface area contributed by atoms with Crippen LogP contribution in [0.5, 0.6) is 5.75 Å². The monoisotopic (exact) mass is 274 g/mol. The molecule has 1 aliphatic rings. The lowest BCUT2D eigenvalue weighted by Crippen LogP contribution is -2.51. The average molecular weight is 274 g/mol. The fourth-order valence-electron chi connectivity index (χ4n) is 2.22. The fourth-order valence-corrected chi connectivity index (χ4v) is 2.22. The number of nitriles is 1. The Morgan fingerprint density at radius 1 is 1.40 bits per heavy atom. The third-order valence-electron chi connectivity index (χ3n) is 3.46. The Bertz CT molecular complexity index is 499. The van der Waals surface area contributed by atoms with Gasteiger partial charge in [-0.2, -0.15) is 5.26 Å².